The van der Waals surface area contributed by atoms with E-state index in [0.717, 1.165) is 11.3 Å². The average molecular weight is 523 g/mol. The summed E-state index contributed by atoms with van der Waals surface area (Å²) in [6, 6.07) is 9.61. The van der Waals surface area contributed by atoms with Crippen LogP contribution in [0.3, 0.4) is 0 Å². The van der Waals surface area contributed by atoms with Crippen LogP contribution in [0.5, 0.6) is 11.5 Å². The first-order valence-electron chi connectivity index (χ1n) is 11.2. The molecule has 0 aliphatic carbocycles. The van der Waals surface area contributed by atoms with Crippen molar-refractivity contribution in [3.05, 3.63) is 103 Å². The molecule has 1 unspecified atom stereocenters. The molecule has 0 saturated heterocycles. The Bertz CT molecular complexity index is 1600. The van der Waals surface area contributed by atoms with Crippen LogP contribution >= 0.6 is 11.3 Å². The van der Waals surface area contributed by atoms with Crippen molar-refractivity contribution in [2.24, 2.45) is 4.99 Å². The highest BCUT2D eigenvalue weighted by Gasteiger charge is 2.34. The summed E-state index contributed by atoms with van der Waals surface area (Å²) in [4.78, 5) is 43.2. The fraction of sp³-hybridized carbons (Fsp3) is 0.185. The van der Waals surface area contributed by atoms with Crippen LogP contribution in [0.1, 0.15) is 31.0 Å². The molecule has 0 bridgehead atoms. The number of nitrogens with zero attached hydrogens (tertiary/aromatic N) is 2. The van der Waals surface area contributed by atoms with Gasteiger partial charge in [0.05, 0.1) is 29.0 Å². The molecule has 0 fully saturated rings. The third-order valence-electron chi connectivity index (χ3n) is 5.50. The van der Waals surface area contributed by atoms with E-state index >= 15 is 0 Å². The van der Waals surface area contributed by atoms with Crippen molar-refractivity contribution in [3.8, 4) is 11.5 Å². The van der Waals surface area contributed by atoms with Crippen molar-refractivity contribution in [2.75, 3.05) is 13.7 Å². The molecule has 0 spiro atoms. The van der Waals surface area contributed by atoms with Gasteiger partial charge in [-0.2, -0.15) is 0 Å². The van der Waals surface area contributed by atoms with Gasteiger partial charge in [0.2, 0.25) is 0 Å². The third-order valence-corrected chi connectivity index (χ3v) is 6.48. The first-order chi connectivity index (χ1) is 17.7. The highest BCUT2D eigenvalue weighted by molar-refractivity contribution is 7.07. The Morgan fingerprint density at radius 2 is 1.92 bits per heavy atom. The maximum atomic E-state index is 13.6. The van der Waals surface area contributed by atoms with Gasteiger partial charge < -0.3 is 14.2 Å². The molecule has 190 valence electrons. The van der Waals surface area contributed by atoms with E-state index in [-0.39, 0.29) is 35.1 Å². The minimum absolute atomic E-state index is 0.0218. The number of fused-ring (bicyclic) bond motifs is 1. The van der Waals surface area contributed by atoms with Crippen LogP contribution in [-0.2, 0) is 14.3 Å². The summed E-state index contributed by atoms with van der Waals surface area (Å²) in [5, 5.41) is 0. The summed E-state index contributed by atoms with van der Waals surface area (Å²) in [6.45, 7) is 6.49. The van der Waals surface area contributed by atoms with Gasteiger partial charge in [-0.1, -0.05) is 42.2 Å². The van der Waals surface area contributed by atoms with Gasteiger partial charge in [-0.25, -0.2) is 14.2 Å². The fourth-order valence-corrected chi connectivity index (χ4v) is 4.96. The van der Waals surface area contributed by atoms with E-state index in [0.29, 0.717) is 26.2 Å². The van der Waals surface area contributed by atoms with Crippen LogP contribution < -0.4 is 24.4 Å². The average Bonchev–Trinajstić information content (AvgIpc) is 3.17. The molecule has 0 radical (unpaired) electrons. The van der Waals surface area contributed by atoms with Crippen LogP contribution in [0, 0.1) is 5.82 Å². The number of hydrogen-bond acceptors (Lipinski definition) is 8. The molecule has 1 aromatic heterocycles. The van der Waals surface area contributed by atoms with E-state index in [1.54, 1.807) is 37.3 Å². The van der Waals surface area contributed by atoms with Crippen molar-refractivity contribution < 1.29 is 28.2 Å². The van der Waals surface area contributed by atoms with Crippen LogP contribution in [0.25, 0.3) is 6.08 Å². The summed E-state index contributed by atoms with van der Waals surface area (Å²) in [5.41, 5.74) is 1.32. The van der Waals surface area contributed by atoms with E-state index < -0.39 is 18.0 Å². The maximum absolute atomic E-state index is 13.6. The van der Waals surface area contributed by atoms with Crippen molar-refractivity contribution in [1.29, 1.82) is 0 Å². The predicted molar refractivity (Wildman–Crippen MR) is 136 cm³/mol. The second-order valence-electron chi connectivity index (χ2n) is 8.02. The number of esters is 2. The molecule has 3 aromatic rings. The van der Waals surface area contributed by atoms with Gasteiger partial charge >= 0.3 is 11.9 Å². The summed E-state index contributed by atoms with van der Waals surface area (Å²) in [5.74, 6) is -1.12. The summed E-state index contributed by atoms with van der Waals surface area (Å²) in [7, 11) is 1.42. The second-order valence-corrected chi connectivity index (χ2v) is 9.03. The largest absolute Gasteiger partial charge is 0.493 e. The Balaban J connectivity index is 1.93. The summed E-state index contributed by atoms with van der Waals surface area (Å²) >= 11 is 1.15. The van der Waals surface area contributed by atoms with Gasteiger partial charge in [-0.05, 0) is 48.4 Å². The molecule has 2 heterocycles. The zero-order valence-corrected chi connectivity index (χ0v) is 21.1. The van der Waals surface area contributed by atoms with Gasteiger partial charge in [0, 0.05) is 6.92 Å². The molecule has 1 aliphatic rings. The Labute approximate surface area is 215 Å². The Morgan fingerprint density at radius 1 is 1.19 bits per heavy atom. The Hall–Kier alpha value is -4.31. The number of rotatable bonds is 7. The van der Waals surface area contributed by atoms with Crippen molar-refractivity contribution >= 4 is 29.4 Å². The highest BCUT2D eigenvalue weighted by Crippen LogP contribution is 2.36. The van der Waals surface area contributed by atoms with E-state index in [2.05, 4.69) is 11.6 Å². The topological polar surface area (TPSA) is 96.2 Å². The van der Waals surface area contributed by atoms with E-state index in [1.165, 1.54) is 42.9 Å². The number of thiazole rings is 1. The lowest BCUT2D eigenvalue weighted by atomic mass is 9.95. The normalized spacial score (nSPS) is 15.0. The molecule has 8 nitrogen and oxygen atoms in total. The van der Waals surface area contributed by atoms with Crippen molar-refractivity contribution in [1.82, 2.24) is 4.57 Å². The Morgan fingerprint density at radius 3 is 2.57 bits per heavy atom. The lowest BCUT2D eigenvalue weighted by Crippen LogP contribution is -2.40. The van der Waals surface area contributed by atoms with Gasteiger partial charge in [-0.3, -0.25) is 14.2 Å². The minimum atomic E-state index is -0.899. The zero-order chi connectivity index (χ0) is 26.7. The van der Waals surface area contributed by atoms with Crippen LogP contribution in [0.2, 0.25) is 0 Å². The number of benzene rings is 2. The molecule has 1 aliphatic heterocycles. The Kier molecular flexibility index (Phi) is 7.49. The fourth-order valence-electron chi connectivity index (χ4n) is 3.91. The van der Waals surface area contributed by atoms with Gasteiger partial charge in [0.25, 0.3) is 5.56 Å². The predicted octanol–water partition coefficient (Wildman–Crippen LogP) is 3.04. The lowest BCUT2D eigenvalue weighted by Gasteiger charge is -2.25. The molecule has 37 heavy (non-hydrogen) atoms. The van der Waals surface area contributed by atoms with Gasteiger partial charge in [0.15, 0.2) is 16.3 Å². The first-order valence-corrected chi connectivity index (χ1v) is 12.0. The number of methoxy groups -OCH3 is 1. The lowest BCUT2D eigenvalue weighted by molar-refractivity contribution is -0.138. The minimum Gasteiger partial charge on any atom is -0.493 e. The highest BCUT2D eigenvalue weighted by atomic mass is 32.1. The van der Waals surface area contributed by atoms with Crippen LogP contribution in [0.4, 0.5) is 4.39 Å². The molecule has 10 heteroatoms. The van der Waals surface area contributed by atoms with Crippen LogP contribution in [-0.4, -0.2) is 30.2 Å². The SMILES string of the molecule is C=CCOC(=O)C1=C(C)N=c2sc(=Cc3ccc(F)cc3)c(=O)n2C1c1ccc(OC(C)=O)c(OC)c1. The molecule has 4 rings (SSSR count). The standard InChI is InChI=1S/C27H23FN2O6S/c1-5-12-35-26(33)23-15(2)29-27-30(25(32)22(37-27)13-17-6-9-19(28)10-7-17)24(23)18-8-11-20(36-16(3)31)21(14-18)34-4/h5-11,13-14,24H,1,12H2,2-4H3. The molecule has 2 aromatic carbocycles. The number of ether oxygens (including phenoxy) is 3. The van der Waals surface area contributed by atoms with E-state index in [9.17, 15) is 18.8 Å². The second kappa shape index (κ2) is 10.8. The summed E-state index contributed by atoms with van der Waals surface area (Å²) in [6.07, 6.45) is 3.08. The summed E-state index contributed by atoms with van der Waals surface area (Å²) < 4.78 is 31.1. The number of aromatic nitrogens is 1. The molecule has 0 amide bonds. The molecule has 0 N–H and O–H groups in total. The van der Waals surface area contributed by atoms with Gasteiger partial charge in [-0.15, -0.1) is 0 Å². The smallest absolute Gasteiger partial charge is 0.338 e. The third kappa shape index (κ3) is 5.29. The number of halogens is 1. The van der Waals surface area contributed by atoms with Crippen molar-refractivity contribution in [3.63, 3.8) is 0 Å². The molecule has 0 saturated carbocycles. The number of carbonyl (C=O) groups is 2. The maximum Gasteiger partial charge on any atom is 0.338 e. The van der Waals surface area contributed by atoms with Gasteiger partial charge in [0.1, 0.15) is 12.4 Å². The molecular formula is C27H23FN2O6S. The van der Waals surface area contributed by atoms with E-state index in [1.807, 2.05) is 0 Å². The number of carbonyl (C=O) groups excluding carboxylic acids is 2. The monoisotopic (exact) mass is 522 g/mol. The van der Waals surface area contributed by atoms with Crippen molar-refractivity contribution in [2.45, 2.75) is 19.9 Å². The number of allylic oxidation sites excluding steroid dienone is 1. The molecule has 1 atom stereocenters. The molecular weight excluding hydrogens is 499 g/mol. The quantitative estimate of drug-likeness (QED) is 0.269. The van der Waals surface area contributed by atoms with E-state index in [4.69, 9.17) is 14.2 Å². The number of hydrogen-bond donors (Lipinski definition) is 0. The first kappa shape index (κ1) is 25.8. The van der Waals surface area contributed by atoms with Crippen LogP contribution in [0.15, 0.2) is 76.2 Å². The zero-order valence-electron chi connectivity index (χ0n) is 20.3.